The van der Waals surface area contributed by atoms with Crippen molar-refractivity contribution < 1.29 is 36.4 Å². The Morgan fingerprint density at radius 1 is 1.20 bits per heavy atom. The van der Waals surface area contributed by atoms with Gasteiger partial charge in [-0.05, 0) is 0 Å². The first kappa shape index (κ1) is 9.84. The molecule has 0 aliphatic carbocycles. The van der Waals surface area contributed by atoms with Gasteiger partial charge in [-0.1, -0.05) is 0 Å². The van der Waals surface area contributed by atoms with Gasteiger partial charge in [-0.3, -0.25) is 0 Å². The minimum absolute atomic E-state index is 0. The van der Waals surface area contributed by atoms with Gasteiger partial charge < -0.3 is 12.4 Å². The van der Waals surface area contributed by atoms with Crippen molar-refractivity contribution in [2.45, 2.75) is 0 Å². The van der Waals surface area contributed by atoms with Crippen LogP contribution >= 0.6 is 0 Å². The number of hydrogen-bond acceptors (Lipinski definition) is 1. The summed E-state index contributed by atoms with van der Waals surface area (Å²) in [5.41, 5.74) is 0.709. The number of benzene rings is 1. The molecule has 0 unspecified atom stereocenters. The molecule has 10 heavy (non-hydrogen) atoms. The molecule has 3 heteroatoms. The minimum atomic E-state index is -0.0291. The number of hydrogen-bond donors (Lipinski definition) is 0. The van der Waals surface area contributed by atoms with Gasteiger partial charge in [0, 0.05) is 0 Å². The second-order valence-corrected chi connectivity index (χ2v) is 2.32. The van der Waals surface area contributed by atoms with Crippen molar-refractivity contribution in [3.63, 3.8) is 0 Å². The predicted octanol–water partition coefficient (Wildman–Crippen LogP) is -1.62. The second-order valence-electron chi connectivity index (χ2n) is 1.61. The van der Waals surface area contributed by atoms with Crippen LogP contribution in [0, 0.1) is 0 Å². The van der Waals surface area contributed by atoms with Crippen LogP contribution in [0.1, 0.15) is 10.4 Å². The van der Waals surface area contributed by atoms with Crippen molar-refractivity contribution in [1.82, 2.24) is 0 Å². The summed E-state index contributed by atoms with van der Waals surface area (Å²) in [5.74, 6) is 0. The van der Waals surface area contributed by atoms with Gasteiger partial charge in [-0.15, -0.1) is 0 Å². The Labute approximate surface area is 76.6 Å². The Morgan fingerprint density at radius 2 is 1.70 bits per heavy atom. The fourth-order valence-electron chi connectivity index (χ4n) is 0.559. The maximum atomic E-state index is 10.6. The largest absolute Gasteiger partial charge is 1.00 e. The first-order valence-corrected chi connectivity index (χ1v) is 3.30. The summed E-state index contributed by atoms with van der Waals surface area (Å²) in [7, 11) is 0. The van der Waals surface area contributed by atoms with E-state index in [1.54, 1.807) is 12.1 Å². The Bertz CT molecular complexity index is 210. The Kier molecular flexibility index (Phi) is 4.55. The molecule has 0 aliphatic heterocycles. The van der Waals surface area contributed by atoms with Crippen LogP contribution in [0.15, 0.2) is 30.3 Å². The molecule has 0 amide bonds. The molecule has 0 saturated heterocycles. The predicted molar refractivity (Wildman–Crippen MR) is 30.8 cm³/mol. The van der Waals surface area contributed by atoms with E-state index in [0.29, 0.717) is 5.56 Å². The summed E-state index contributed by atoms with van der Waals surface area (Å²) < 4.78 is -0.0291. The molecule has 0 aliphatic rings. The molecule has 0 atom stereocenters. The smallest absolute Gasteiger partial charge is 1.00 e. The molecule has 1 nitrogen and oxygen atoms in total. The van der Waals surface area contributed by atoms with E-state index in [1.807, 2.05) is 18.2 Å². The van der Waals surface area contributed by atoms with Gasteiger partial charge in [0.05, 0.1) is 0 Å². The topological polar surface area (TPSA) is 17.1 Å². The zero-order valence-corrected chi connectivity index (χ0v) is 7.30. The molecular weight excluding hydrogens is 242 g/mol. The van der Waals surface area contributed by atoms with Crippen LogP contribution in [0.25, 0.3) is 0 Å². The van der Waals surface area contributed by atoms with Crippen LogP contribution in [0.4, 0.5) is 0 Å². The van der Waals surface area contributed by atoms with Crippen LogP contribution in [0.3, 0.4) is 0 Å². The standard InChI is InChI=1S/C7H5O.ClH.Pd/c8-6-7-4-2-1-3-5-7;;/h1-5H;1H;/q;;+1/p-1. The van der Waals surface area contributed by atoms with Crippen LogP contribution in [0.2, 0.25) is 0 Å². The Hall–Kier alpha value is -0.158. The average molecular weight is 247 g/mol. The molecule has 0 heterocycles. The number of carbonyl (C=O) groups excluding carboxylic acids is 1. The first-order valence-electron chi connectivity index (χ1n) is 2.52. The summed E-state index contributed by atoms with van der Waals surface area (Å²) in [4.78, 5) is 10.6. The van der Waals surface area contributed by atoms with Gasteiger partial charge in [0.15, 0.2) is 0 Å². The molecule has 0 spiro atoms. The first-order chi connectivity index (χ1) is 4.30. The molecule has 1 aromatic carbocycles. The van der Waals surface area contributed by atoms with E-state index >= 15 is 0 Å². The van der Waals surface area contributed by atoms with E-state index in [2.05, 4.69) is 19.2 Å². The average Bonchev–Trinajstić information content (AvgIpc) is 1.90. The molecule has 0 N–H and O–H groups in total. The summed E-state index contributed by atoms with van der Waals surface area (Å²) in [5, 5.41) is 0. The molecule has 1 aromatic rings. The normalized spacial score (nSPS) is 8.20. The van der Waals surface area contributed by atoms with Crippen LogP contribution in [-0.2, 0) is 19.2 Å². The van der Waals surface area contributed by atoms with Gasteiger partial charge in [0.25, 0.3) is 0 Å². The van der Waals surface area contributed by atoms with Crippen molar-refractivity contribution in [2.24, 2.45) is 0 Å². The molecule has 56 valence electrons. The zero-order valence-electron chi connectivity index (χ0n) is 4.99. The van der Waals surface area contributed by atoms with Crippen LogP contribution in [0.5, 0.6) is 0 Å². The molecule has 0 saturated carbocycles. The van der Waals surface area contributed by atoms with E-state index in [9.17, 15) is 4.79 Å². The second kappa shape index (κ2) is 4.63. The van der Waals surface area contributed by atoms with E-state index < -0.39 is 0 Å². The molecule has 0 bridgehead atoms. The van der Waals surface area contributed by atoms with E-state index in [-0.39, 0.29) is 16.7 Å². The van der Waals surface area contributed by atoms with Crippen LogP contribution < -0.4 is 12.4 Å². The number of carbonyl (C=O) groups is 1. The third-order valence-electron chi connectivity index (χ3n) is 0.983. The Morgan fingerprint density at radius 3 is 2.00 bits per heavy atom. The van der Waals surface area contributed by atoms with Crippen molar-refractivity contribution in [3.05, 3.63) is 35.9 Å². The zero-order chi connectivity index (χ0) is 6.69. The molecule has 0 fully saturated rings. The van der Waals surface area contributed by atoms with Crippen LogP contribution in [-0.4, -0.2) is 4.26 Å². The fourth-order valence-corrected chi connectivity index (χ4v) is 0.818. The van der Waals surface area contributed by atoms with Gasteiger partial charge in [-0.2, -0.15) is 0 Å². The van der Waals surface area contributed by atoms with E-state index in [1.165, 1.54) is 0 Å². The summed E-state index contributed by atoms with van der Waals surface area (Å²) in [6, 6.07) is 9.09. The molecule has 0 radical (unpaired) electrons. The maximum Gasteiger partial charge on any atom is -1.00 e. The summed E-state index contributed by atoms with van der Waals surface area (Å²) in [6.45, 7) is 0. The minimum Gasteiger partial charge on any atom is -1.00 e. The summed E-state index contributed by atoms with van der Waals surface area (Å²) in [6.07, 6.45) is 0. The molecule has 0 aromatic heterocycles. The van der Waals surface area contributed by atoms with Gasteiger partial charge in [0.1, 0.15) is 0 Å². The van der Waals surface area contributed by atoms with Gasteiger partial charge >= 0.3 is 64.1 Å². The third kappa shape index (κ3) is 2.62. The van der Waals surface area contributed by atoms with Crippen molar-refractivity contribution >= 4 is 4.26 Å². The monoisotopic (exact) mass is 246 g/mol. The fraction of sp³-hybridized carbons (Fsp3) is 0. The summed E-state index contributed by atoms with van der Waals surface area (Å²) >= 11 is 2.59. The molecule has 1 rings (SSSR count). The van der Waals surface area contributed by atoms with Gasteiger partial charge in [-0.25, -0.2) is 0 Å². The van der Waals surface area contributed by atoms with Gasteiger partial charge in [0.2, 0.25) is 0 Å². The van der Waals surface area contributed by atoms with Crippen molar-refractivity contribution in [2.75, 3.05) is 0 Å². The quantitative estimate of drug-likeness (QED) is 0.545. The van der Waals surface area contributed by atoms with E-state index in [4.69, 9.17) is 0 Å². The van der Waals surface area contributed by atoms with E-state index in [0.717, 1.165) is 0 Å². The van der Waals surface area contributed by atoms with Crippen molar-refractivity contribution in [1.29, 1.82) is 0 Å². The van der Waals surface area contributed by atoms with Crippen molar-refractivity contribution in [3.8, 4) is 0 Å². The number of halogens is 1. The maximum absolute atomic E-state index is 10.6. The SMILES string of the molecule is O=[C]([Pd+])c1ccccc1.[Cl-]. The Balaban J connectivity index is 0.000000810. The third-order valence-corrected chi connectivity index (χ3v) is 1.43. The number of rotatable bonds is 1. The molecular formula is C7H5ClOPd.